The number of rotatable bonds is 70. The molecular weight excluding hydrogens is 1200 g/mol. The van der Waals surface area contributed by atoms with Crippen molar-refractivity contribution in [3.63, 3.8) is 0 Å². The summed E-state index contributed by atoms with van der Waals surface area (Å²) in [6, 6.07) is 0. The number of phosphoric ester groups is 2. The summed E-state index contributed by atoms with van der Waals surface area (Å²) in [7, 11) is -9.90. The predicted molar refractivity (Wildman–Crippen MR) is 368 cm³/mol. The monoisotopic (exact) mass is 1340 g/mol. The Morgan fingerprint density at radius 3 is 0.835 bits per heavy atom. The first-order valence-electron chi connectivity index (χ1n) is 37.4. The van der Waals surface area contributed by atoms with E-state index in [1.807, 2.05) is 0 Å². The van der Waals surface area contributed by atoms with Crippen LogP contribution in [0, 0.1) is 17.8 Å². The van der Waals surface area contributed by atoms with Gasteiger partial charge in [-0.05, 0) is 43.4 Å². The minimum absolute atomic E-state index is 0.102. The van der Waals surface area contributed by atoms with Gasteiger partial charge in [-0.25, -0.2) is 9.13 Å². The molecule has 0 fully saturated rings. The quantitative estimate of drug-likeness (QED) is 0.0222. The molecule has 0 spiro atoms. The second-order valence-corrected chi connectivity index (χ2v) is 30.1. The topological polar surface area (TPSA) is 237 Å². The van der Waals surface area contributed by atoms with Crippen LogP contribution in [0.15, 0.2) is 0 Å². The standard InChI is InChI=1S/C72H140O17P2/c1-8-10-11-12-13-24-31-39-46-53-69(74)82-60-68(89-72(77)56-49-42-35-34-37-44-51-64(5)6)62-87-91(80,81)85-58-66(73)57-84-90(78,79)86-61-67(59-83-70(75)54-47-40-32-27-23-22-26-30-38-45-52-65(7)9-2)88-71(76)55-48-41-33-28-21-19-17-15-14-16-18-20-25-29-36-43-50-63(3)4/h63-68,73H,8-62H2,1-7H3,(H,78,79)(H,80,81)/t65?,66-,67-,68-/m1/s1. The molecule has 0 bridgehead atoms. The zero-order valence-corrected chi connectivity index (χ0v) is 61.1. The molecule has 0 aromatic carbocycles. The first-order chi connectivity index (χ1) is 43.8. The van der Waals surface area contributed by atoms with E-state index in [4.69, 9.17) is 37.0 Å². The molecule has 0 rings (SSSR count). The number of esters is 4. The molecule has 540 valence electrons. The summed E-state index contributed by atoms with van der Waals surface area (Å²) < 4.78 is 68.3. The summed E-state index contributed by atoms with van der Waals surface area (Å²) in [6.45, 7) is 11.8. The lowest BCUT2D eigenvalue weighted by Gasteiger charge is -2.21. The van der Waals surface area contributed by atoms with E-state index in [0.29, 0.717) is 31.6 Å². The Morgan fingerprint density at radius 2 is 0.560 bits per heavy atom. The number of aliphatic hydroxyl groups excluding tert-OH is 1. The Balaban J connectivity index is 5.20. The van der Waals surface area contributed by atoms with Crippen molar-refractivity contribution < 1.29 is 80.2 Å². The summed E-state index contributed by atoms with van der Waals surface area (Å²) in [5.41, 5.74) is 0. The van der Waals surface area contributed by atoms with Gasteiger partial charge in [0.2, 0.25) is 0 Å². The van der Waals surface area contributed by atoms with E-state index in [-0.39, 0.29) is 25.7 Å². The third kappa shape index (κ3) is 65.1. The van der Waals surface area contributed by atoms with Crippen molar-refractivity contribution in [1.29, 1.82) is 0 Å². The molecule has 0 aromatic heterocycles. The Morgan fingerprint density at radius 1 is 0.319 bits per heavy atom. The van der Waals surface area contributed by atoms with E-state index < -0.39 is 97.5 Å². The normalized spacial score (nSPS) is 14.5. The molecule has 0 radical (unpaired) electrons. The van der Waals surface area contributed by atoms with Crippen molar-refractivity contribution in [3.05, 3.63) is 0 Å². The van der Waals surface area contributed by atoms with Gasteiger partial charge in [-0.1, -0.05) is 312 Å². The third-order valence-electron chi connectivity index (χ3n) is 17.0. The van der Waals surface area contributed by atoms with Crippen LogP contribution in [-0.2, 0) is 65.4 Å². The summed E-state index contributed by atoms with van der Waals surface area (Å²) in [5, 5.41) is 10.6. The van der Waals surface area contributed by atoms with Gasteiger partial charge in [-0.2, -0.15) is 0 Å². The van der Waals surface area contributed by atoms with Crippen molar-refractivity contribution in [1.82, 2.24) is 0 Å². The molecule has 0 saturated carbocycles. The van der Waals surface area contributed by atoms with Gasteiger partial charge in [0.1, 0.15) is 19.3 Å². The van der Waals surface area contributed by atoms with Crippen LogP contribution in [0.5, 0.6) is 0 Å². The summed E-state index contributed by atoms with van der Waals surface area (Å²) in [4.78, 5) is 72.5. The third-order valence-corrected chi connectivity index (χ3v) is 18.9. The highest BCUT2D eigenvalue weighted by atomic mass is 31.2. The highest BCUT2D eigenvalue weighted by Gasteiger charge is 2.30. The highest BCUT2D eigenvalue weighted by Crippen LogP contribution is 2.45. The first kappa shape index (κ1) is 89.1. The van der Waals surface area contributed by atoms with E-state index in [1.165, 1.54) is 173 Å². The zero-order chi connectivity index (χ0) is 67.3. The van der Waals surface area contributed by atoms with Crippen molar-refractivity contribution in [2.75, 3.05) is 39.6 Å². The van der Waals surface area contributed by atoms with Crippen LogP contribution >= 0.6 is 15.6 Å². The van der Waals surface area contributed by atoms with Crippen molar-refractivity contribution in [2.24, 2.45) is 17.8 Å². The van der Waals surface area contributed by atoms with Crippen molar-refractivity contribution >= 4 is 39.5 Å². The van der Waals surface area contributed by atoms with Crippen molar-refractivity contribution in [2.45, 2.75) is 381 Å². The molecular formula is C72H140O17P2. The van der Waals surface area contributed by atoms with Crippen LogP contribution in [0.25, 0.3) is 0 Å². The van der Waals surface area contributed by atoms with Crippen LogP contribution in [0.1, 0.15) is 363 Å². The molecule has 0 aliphatic rings. The van der Waals surface area contributed by atoms with Gasteiger partial charge >= 0.3 is 39.5 Å². The molecule has 3 unspecified atom stereocenters. The summed E-state index contributed by atoms with van der Waals surface area (Å²) in [6.07, 6.45) is 47.4. The van der Waals surface area contributed by atoms with E-state index in [2.05, 4.69) is 48.5 Å². The lowest BCUT2D eigenvalue weighted by Crippen LogP contribution is -2.30. The Kier molecular flexibility index (Phi) is 61.5. The minimum Gasteiger partial charge on any atom is -0.462 e. The molecule has 0 aliphatic carbocycles. The van der Waals surface area contributed by atoms with Crippen molar-refractivity contribution in [3.8, 4) is 0 Å². The number of carbonyl (C=O) groups excluding carboxylic acids is 4. The molecule has 17 nitrogen and oxygen atoms in total. The number of phosphoric acid groups is 2. The molecule has 0 saturated heterocycles. The van der Waals surface area contributed by atoms with E-state index >= 15 is 0 Å². The second-order valence-electron chi connectivity index (χ2n) is 27.2. The van der Waals surface area contributed by atoms with Crippen LogP contribution in [0.2, 0.25) is 0 Å². The average Bonchev–Trinajstić information content (AvgIpc) is 2.60. The summed E-state index contributed by atoms with van der Waals surface area (Å²) in [5.74, 6) is 0.159. The van der Waals surface area contributed by atoms with Gasteiger partial charge in [0.25, 0.3) is 0 Å². The van der Waals surface area contributed by atoms with Crippen LogP contribution in [-0.4, -0.2) is 96.7 Å². The molecule has 0 amide bonds. The number of aliphatic hydroxyl groups is 1. The van der Waals surface area contributed by atoms with E-state index in [9.17, 15) is 43.2 Å². The lowest BCUT2D eigenvalue weighted by atomic mass is 9.99. The molecule has 6 atom stereocenters. The number of hydrogen-bond donors (Lipinski definition) is 3. The SMILES string of the molecule is CCCCCCCCCCCC(=O)OC[C@H](COP(=O)(O)OC[C@H](O)COP(=O)(O)OC[C@@H](COC(=O)CCCCCCCCCCCCC(C)CC)OC(=O)CCCCCCCCCCCCCCCCCCC(C)C)OC(=O)CCCCCCCCC(C)C. The van der Waals surface area contributed by atoms with Gasteiger partial charge < -0.3 is 33.8 Å². The largest absolute Gasteiger partial charge is 0.472 e. The molecule has 0 heterocycles. The Bertz CT molecular complexity index is 1790. The van der Waals surface area contributed by atoms with Crippen LogP contribution in [0.3, 0.4) is 0 Å². The highest BCUT2D eigenvalue weighted by molar-refractivity contribution is 7.47. The smallest absolute Gasteiger partial charge is 0.462 e. The number of ether oxygens (including phenoxy) is 4. The molecule has 0 aromatic rings. The van der Waals surface area contributed by atoms with Gasteiger partial charge in [-0.3, -0.25) is 37.3 Å². The fourth-order valence-electron chi connectivity index (χ4n) is 10.9. The lowest BCUT2D eigenvalue weighted by molar-refractivity contribution is -0.161. The summed E-state index contributed by atoms with van der Waals surface area (Å²) >= 11 is 0. The second kappa shape index (κ2) is 62.8. The maximum Gasteiger partial charge on any atom is 0.472 e. The fourth-order valence-corrected chi connectivity index (χ4v) is 12.4. The molecule has 19 heteroatoms. The maximum absolute atomic E-state index is 13.0. The van der Waals surface area contributed by atoms with Gasteiger partial charge in [0, 0.05) is 25.7 Å². The number of unbranched alkanes of at least 4 members (excludes halogenated alkanes) is 37. The maximum atomic E-state index is 13.0. The Labute approximate surface area is 556 Å². The van der Waals surface area contributed by atoms with Gasteiger partial charge in [0.05, 0.1) is 26.4 Å². The minimum atomic E-state index is -4.95. The zero-order valence-electron chi connectivity index (χ0n) is 59.3. The van der Waals surface area contributed by atoms with Crippen LogP contribution < -0.4 is 0 Å². The molecule has 3 N–H and O–H groups in total. The predicted octanol–water partition coefficient (Wildman–Crippen LogP) is 20.6. The number of hydrogen-bond acceptors (Lipinski definition) is 15. The first-order valence-corrected chi connectivity index (χ1v) is 40.4. The average molecular weight is 1340 g/mol. The number of carbonyl (C=O) groups is 4. The van der Waals surface area contributed by atoms with Gasteiger partial charge in [-0.15, -0.1) is 0 Å². The van der Waals surface area contributed by atoms with Crippen LogP contribution in [0.4, 0.5) is 0 Å². The fraction of sp³-hybridized carbons (Fsp3) is 0.944. The molecule has 0 aliphatic heterocycles. The Hall–Kier alpha value is -1.94. The van der Waals surface area contributed by atoms with Gasteiger partial charge in [0.15, 0.2) is 12.2 Å². The molecule has 91 heavy (non-hydrogen) atoms. The van der Waals surface area contributed by atoms with E-state index in [1.54, 1.807) is 0 Å². The van der Waals surface area contributed by atoms with E-state index in [0.717, 1.165) is 102 Å².